The maximum atomic E-state index is 11.8. The highest BCUT2D eigenvalue weighted by Gasteiger charge is 2.48. The zero-order valence-electron chi connectivity index (χ0n) is 10.9. The summed E-state index contributed by atoms with van der Waals surface area (Å²) >= 11 is 0. The predicted octanol–water partition coefficient (Wildman–Crippen LogP) is 0.555. The molecular formula is C13H20N2O4. The number of amides is 2. The van der Waals surface area contributed by atoms with Gasteiger partial charge < -0.3 is 16.6 Å². The van der Waals surface area contributed by atoms with Crippen LogP contribution < -0.4 is 11.5 Å². The van der Waals surface area contributed by atoms with Crippen LogP contribution in [0.1, 0.15) is 38.5 Å². The van der Waals surface area contributed by atoms with Crippen molar-refractivity contribution in [3.05, 3.63) is 12.2 Å². The lowest BCUT2D eigenvalue weighted by atomic mass is 9.62. The molecule has 0 heterocycles. The van der Waals surface area contributed by atoms with Crippen LogP contribution in [-0.4, -0.2) is 22.9 Å². The van der Waals surface area contributed by atoms with Crippen molar-refractivity contribution in [2.24, 2.45) is 22.8 Å². The van der Waals surface area contributed by atoms with Crippen LogP contribution >= 0.6 is 0 Å². The lowest BCUT2D eigenvalue weighted by Crippen LogP contribution is -2.50. The summed E-state index contributed by atoms with van der Waals surface area (Å²) < 4.78 is 0. The lowest BCUT2D eigenvalue weighted by Gasteiger charge is -2.40. The van der Waals surface area contributed by atoms with Gasteiger partial charge >= 0.3 is 5.97 Å². The van der Waals surface area contributed by atoms with Crippen molar-refractivity contribution in [1.82, 2.24) is 0 Å². The Bertz CT molecular complexity index is 419. The average Bonchev–Trinajstić information content (AvgIpc) is 2.35. The molecule has 1 rings (SSSR count). The monoisotopic (exact) mass is 268 g/mol. The van der Waals surface area contributed by atoms with Crippen LogP contribution in [0.25, 0.3) is 0 Å². The van der Waals surface area contributed by atoms with E-state index in [9.17, 15) is 14.4 Å². The molecule has 0 aromatic carbocycles. The molecule has 0 radical (unpaired) electrons. The lowest BCUT2D eigenvalue weighted by molar-refractivity contribution is -0.142. The molecule has 2 unspecified atom stereocenters. The van der Waals surface area contributed by atoms with E-state index in [1.807, 2.05) is 0 Å². The third kappa shape index (κ3) is 3.13. The molecule has 106 valence electrons. The number of carboxylic acids is 1. The van der Waals surface area contributed by atoms with E-state index in [1.165, 1.54) is 0 Å². The first-order valence-corrected chi connectivity index (χ1v) is 6.31. The highest BCUT2D eigenvalue weighted by Crippen LogP contribution is 2.45. The summed E-state index contributed by atoms with van der Waals surface area (Å²) in [6, 6.07) is 0. The molecule has 0 bridgehead atoms. The second-order valence-corrected chi connectivity index (χ2v) is 5.13. The van der Waals surface area contributed by atoms with Crippen LogP contribution in [0.5, 0.6) is 0 Å². The molecule has 1 saturated carbocycles. The normalized spacial score (nSPS) is 26.6. The topological polar surface area (TPSA) is 123 Å². The van der Waals surface area contributed by atoms with Crippen molar-refractivity contribution >= 4 is 17.8 Å². The average molecular weight is 268 g/mol. The molecule has 5 N–H and O–H groups in total. The third-order valence-corrected chi connectivity index (χ3v) is 4.04. The van der Waals surface area contributed by atoms with Crippen LogP contribution in [-0.2, 0) is 14.4 Å². The van der Waals surface area contributed by atoms with Gasteiger partial charge in [0, 0.05) is 5.57 Å². The maximum absolute atomic E-state index is 11.8. The zero-order valence-corrected chi connectivity index (χ0v) is 10.9. The van der Waals surface area contributed by atoms with Gasteiger partial charge in [-0.15, -0.1) is 0 Å². The Labute approximate surface area is 111 Å². The van der Waals surface area contributed by atoms with Crippen molar-refractivity contribution in [3.8, 4) is 0 Å². The van der Waals surface area contributed by atoms with Crippen LogP contribution in [0.15, 0.2) is 12.2 Å². The van der Waals surface area contributed by atoms with E-state index in [0.717, 1.165) is 12.8 Å². The Morgan fingerprint density at radius 3 is 2.37 bits per heavy atom. The molecule has 0 spiro atoms. The van der Waals surface area contributed by atoms with Gasteiger partial charge in [-0.3, -0.25) is 9.59 Å². The summed E-state index contributed by atoms with van der Waals surface area (Å²) in [5.41, 5.74) is 9.81. The Balaban J connectivity index is 2.94. The van der Waals surface area contributed by atoms with E-state index in [1.54, 1.807) is 0 Å². The molecule has 0 aliphatic heterocycles. The first-order chi connectivity index (χ1) is 8.81. The Hall–Kier alpha value is -1.85. The quantitative estimate of drug-likeness (QED) is 0.608. The molecular weight excluding hydrogens is 248 g/mol. The molecule has 2 amide bonds. The number of hydrogen-bond acceptors (Lipinski definition) is 3. The number of hydrogen-bond donors (Lipinski definition) is 3. The number of primary amides is 2. The van der Waals surface area contributed by atoms with Gasteiger partial charge in [-0.2, -0.15) is 0 Å². The van der Waals surface area contributed by atoms with E-state index in [-0.39, 0.29) is 18.4 Å². The Morgan fingerprint density at radius 2 is 1.89 bits per heavy atom. The van der Waals surface area contributed by atoms with Crippen LogP contribution in [0.4, 0.5) is 0 Å². The summed E-state index contributed by atoms with van der Waals surface area (Å²) in [6.45, 7) is 3.43. The van der Waals surface area contributed by atoms with Gasteiger partial charge in [0.25, 0.3) is 0 Å². The van der Waals surface area contributed by atoms with Gasteiger partial charge in [0.05, 0.1) is 11.3 Å². The van der Waals surface area contributed by atoms with E-state index < -0.39 is 29.1 Å². The van der Waals surface area contributed by atoms with Crippen molar-refractivity contribution in [1.29, 1.82) is 0 Å². The van der Waals surface area contributed by atoms with E-state index in [2.05, 4.69) is 6.58 Å². The molecule has 19 heavy (non-hydrogen) atoms. The van der Waals surface area contributed by atoms with Gasteiger partial charge in [0.15, 0.2) is 0 Å². The van der Waals surface area contributed by atoms with Crippen molar-refractivity contribution in [2.45, 2.75) is 38.5 Å². The van der Waals surface area contributed by atoms with Crippen molar-refractivity contribution in [2.75, 3.05) is 0 Å². The Morgan fingerprint density at radius 1 is 1.26 bits per heavy atom. The van der Waals surface area contributed by atoms with Gasteiger partial charge in [-0.05, 0) is 25.7 Å². The highest BCUT2D eigenvalue weighted by molar-refractivity contribution is 5.90. The van der Waals surface area contributed by atoms with Crippen LogP contribution in [0.2, 0.25) is 0 Å². The number of aliphatic carboxylic acids is 1. The van der Waals surface area contributed by atoms with E-state index in [4.69, 9.17) is 16.6 Å². The SMILES string of the molecule is C=C(CCC1(C(N)=O)CCCCC1C(N)=O)C(=O)O. The van der Waals surface area contributed by atoms with Crippen LogP contribution in [0, 0.1) is 11.3 Å². The minimum absolute atomic E-state index is 0.00872. The van der Waals surface area contributed by atoms with Gasteiger partial charge in [0.1, 0.15) is 0 Å². The van der Waals surface area contributed by atoms with Crippen LogP contribution in [0.3, 0.4) is 0 Å². The minimum Gasteiger partial charge on any atom is -0.478 e. The van der Waals surface area contributed by atoms with Crippen molar-refractivity contribution in [3.63, 3.8) is 0 Å². The van der Waals surface area contributed by atoms with Gasteiger partial charge in [0.2, 0.25) is 11.8 Å². The number of carbonyl (C=O) groups excluding carboxylic acids is 2. The second-order valence-electron chi connectivity index (χ2n) is 5.13. The molecule has 0 aromatic rings. The van der Waals surface area contributed by atoms with Gasteiger partial charge in [-0.25, -0.2) is 4.79 Å². The first-order valence-electron chi connectivity index (χ1n) is 6.31. The fraction of sp³-hybridized carbons (Fsp3) is 0.615. The highest BCUT2D eigenvalue weighted by atomic mass is 16.4. The zero-order chi connectivity index (χ0) is 14.6. The van der Waals surface area contributed by atoms with E-state index >= 15 is 0 Å². The smallest absolute Gasteiger partial charge is 0.330 e. The third-order valence-electron chi connectivity index (χ3n) is 4.04. The summed E-state index contributed by atoms with van der Waals surface area (Å²) in [6.07, 6.45) is 2.94. The summed E-state index contributed by atoms with van der Waals surface area (Å²) in [5.74, 6) is -2.83. The molecule has 1 fully saturated rings. The molecule has 6 nitrogen and oxygen atoms in total. The molecule has 2 atom stereocenters. The maximum Gasteiger partial charge on any atom is 0.330 e. The molecule has 0 saturated heterocycles. The number of carboxylic acid groups (broad SMARTS) is 1. The predicted molar refractivity (Wildman–Crippen MR) is 68.8 cm³/mol. The summed E-state index contributed by atoms with van der Waals surface area (Å²) in [5, 5.41) is 8.80. The molecule has 0 aromatic heterocycles. The van der Waals surface area contributed by atoms with Crippen molar-refractivity contribution < 1.29 is 19.5 Å². The number of rotatable bonds is 6. The number of carbonyl (C=O) groups is 3. The fourth-order valence-electron chi connectivity index (χ4n) is 2.85. The molecule has 6 heteroatoms. The second kappa shape index (κ2) is 5.86. The summed E-state index contributed by atoms with van der Waals surface area (Å²) in [4.78, 5) is 34.1. The molecule has 1 aliphatic carbocycles. The fourth-order valence-corrected chi connectivity index (χ4v) is 2.85. The largest absolute Gasteiger partial charge is 0.478 e. The Kier molecular flexibility index (Phi) is 4.69. The van der Waals surface area contributed by atoms with E-state index in [0.29, 0.717) is 12.8 Å². The standard InChI is InChI=1S/C13H20N2O4/c1-8(11(17)18)5-7-13(12(15)19)6-3-2-4-9(13)10(14)16/h9H,1-7H2,(H2,14,16)(H2,15,19)(H,17,18). The first kappa shape index (κ1) is 15.2. The number of nitrogens with two attached hydrogens (primary N) is 2. The van der Waals surface area contributed by atoms with Gasteiger partial charge in [-0.1, -0.05) is 19.4 Å². The molecule has 1 aliphatic rings. The summed E-state index contributed by atoms with van der Waals surface area (Å²) in [7, 11) is 0. The minimum atomic E-state index is -1.11.